The second-order valence-electron chi connectivity index (χ2n) is 8.57. The Morgan fingerprint density at radius 1 is 1.11 bits per heavy atom. The molecule has 1 aromatic carbocycles. The van der Waals surface area contributed by atoms with Crippen LogP contribution in [-0.2, 0) is 14.3 Å². The van der Waals surface area contributed by atoms with E-state index in [9.17, 15) is 9.59 Å². The van der Waals surface area contributed by atoms with Crippen LogP contribution >= 0.6 is 11.6 Å². The molecule has 9 heteroatoms. The first-order valence-corrected chi connectivity index (χ1v) is 12.1. The van der Waals surface area contributed by atoms with E-state index < -0.39 is 0 Å². The predicted octanol–water partition coefficient (Wildman–Crippen LogP) is 4.33. The third-order valence-electron chi connectivity index (χ3n) is 6.48. The molecule has 186 valence electrons. The van der Waals surface area contributed by atoms with E-state index in [1.807, 2.05) is 27.5 Å². The van der Waals surface area contributed by atoms with Gasteiger partial charge in [0.2, 0.25) is 5.91 Å². The summed E-state index contributed by atoms with van der Waals surface area (Å²) < 4.78 is 18.0. The minimum absolute atomic E-state index is 0.0103. The fourth-order valence-electron chi connectivity index (χ4n) is 4.58. The Hall–Kier alpha value is -3.26. The van der Waals surface area contributed by atoms with E-state index in [0.29, 0.717) is 49.1 Å². The molecule has 1 aliphatic rings. The maximum atomic E-state index is 13.5. The van der Waals surface area contributed by atoms with E-state index in [-0.39, 0.29) is 30.1 Å². The molecule has 0 saturated carbocycles. The number of esters is 1. The summed E-state index contributed by atoms with van der Waals surface area (Å²) in [7, 11) is 3.20. The summed E-state index contributed by atoms with van der Waals surface area (Å²) in [5, 5.41) is 0.575. The van der Waals surface area contributed by atoms with Crippen LogP contribution in [0.25, 0.3) is 5.65 Å². The van der Waals surface area contributed by atoms with Crippen LogP contribution in [0, 0.1) is 5.92 Å². The number of carbonyl (C=O) groups is 2. The zero-order valence-electron chi connectivity index (χ0n) is 20.2. The molecule has 2 aromatic heterocycles. The molecule has 1 amide bonds. The number of ether oxygens (including phenoxy) is 3. The highest BCUT2D eigenvalue weighted by Crippen LogP contribution is 2.35. The van der Waals surface area contributed by atoms with E-state index in [1.54, 1.807) is 45.7 Å². The highest BCUT2D eigenvalue weighted by atomic mass is 35.5. The van der Waals surface area contributed by atoms with Gasteiger partial charge in [0.25, 0.3) is 0 Å². The van der Waals surface area contributed by atoms with Crippen molar-refractivity contribution in [2.75, 3.05) is 33.9 Å². The normalized spacial score (nSPS) is 15.1. The Morgan fingerprint density at radius 3 is 2.43 bits per heavy atom. The first kappa shape index (κ1) is 24.9. The van der Waals surface area contributed by atoms with Crippen LogP contribution in [0.3, 0.4) is 0 Å². The number of halogens is 1. The summed E-state index contributed by atoms with van der Waals surface area (Å²) in [6.45, 7) is 3.22. The molecule has 1 aliphatic heterocycles. The summed E-state index contributed by atoms with van der Waals surface area (Å²) in [6.07, 6.45) is 5.02. The number of methoxy groups -OCH3 is 2. The van der Waals surface area contributed by atoms with Crippen molar-refractivity contribution in [3.05, 3.63) is 59.0 Å². The van der Waals surface area contributed by atoms with Gasteiger partial charge in [-0.15, -0.1) is 0 Å². The van der Waals surface area contributed by atoms with Crippen molar-refractivity contribution in [1.29, 1.82) is 0 Å². The minimum atomic E-state index is -0.317. The van der Waals surface area contributed by atoms with Crippen molar-refractivity contribution in [1.82, 2.24) is 14.3 Å². The lowest BCUT2D eigenvalue weighted by Gasteiger charge is -2.32. The van der Waals surface area contributed by atoms with Crippen molar-refractivity contribution in [3.8, 4) is 11.5 Å². The largest absolute Gasteiger partial charge is 0.497 e. The van der Waals surface area contributed by atoms with Crippen LogP contribution in [-0.4, -0.2) is 60.1 Å². The van der Waals surface area contributed by atoms with Crippen molar-refractivity contribution >= 4 is 29.1 Å². The number of likely N-dealkylation sites (tertiary alicyclic amines) is 1. The number of nitrogens with zero attached hydrogens (tertiary/aromatic N) is 3. The number of imidazole rings is 1. The topological polar surface area (TPSA) is 82.4 Å². The Balaban J connectivity index is 1.64. The molecule has 35 heavy (non-hydrogen) atoms. The lowest BCUT2D eigenvalue weighted by atomic mass is 9.90. The van der Waals surface area contributed by atoms with Crippen LogP contribution in [0.4, 0.5) is 0 Å². The smallest absolute Gasteiger partial charge is 0.309 e. The van der Waals surface area contributed by atoms with Gasteiger partial charge < -0.3 is 23.5 Å². The molecule has 1 fully saturated rings. The van der Waals surface area contributed by atoms with Gasteiger partial charge in [-0.05, 0) is 49.6 Å². The first-order chi connectivity index (χ1) is 16.9. The Labute approximate surface area is 209 Å². The summed E-state index contributed by atoms with van der Waals surface area (Å²) in [5.41, 5.74) is 2.46. The number of carbonyl (C=O) groups excluding carboxylic acids is 2. The zero-order chi connectivity index (χ0) is 24.9. The molecule has 0 N–H and O–H groups in total. The highest BCUT2D eigenvalue weighted by Gasteiger charge is 2.31. The van der Waals surface area contributed by atoms with Crippen molar-refractivity contribution in [2.24, 2.45) is 5.92 Å². The molecule has 8 nitrogen and oxygen atoms in total. The van der Waals surface area contributed by atoms with E-state index in [1.165, 1.54) is 0 Å². The average Bonchev–Trinajstić information content (AvgIpc) is 3.29. The summed E-state index contributed by atoms with van der Waals surface area (Å²) in [6, 6.07) is 9.26. The second kappa shape index (κ2) is 11.0. The van der Waals surface area contributed by atoms with Gasteiger partial charge in [0.05, 0.1) is 37.5 Å². The Bertz CT molecular complexity index is 1180. The predicted molar refractivity (Wildman–Crippen MR) is 132 cm³/mol. The molecule has 1 unspecified atom stereocenters. The summed E-state index contributed by atoms with van der Waals surface area (Å²) in [5.74, 6) is 0.638. The molecule has 0 aliphatic carbocycles. The van der Waals surface area contributed by atoms with Crippen LogP contribution < -0.4 is 9.47 Å². The quantitative estimate of drug-likeness (QED) is 0.429. The number of hydrogen-bond donors (Lipinski definition) is 0. The number of pyridine rings is 1. The fraction of sp³-hybridized carbons (Fsp3) is 0.423. The molecule has 1 atom stereocenters. The maximum absolute atomic E-state index is 13.5. The second-order valence-corrected chi connectivity index (χ2v) is 9.00. The Morgan fingerprint density at radius 2 is 1.80 bits per heavy atom. The number of fused-ring (bicyclic) bond motifs is 1. The van der Waals surface area contributed by atoms with Gasteiger partial charge in [0.1, 0.15) is 17.1 Å². The summed E-state index contributed by atoms with van der Waals surface area (Å²) >= 11 is 6.28. The third kappa shape index (κ3) is 5.53. The van der Waals surface area contributed by atoms with Gasteiger partial charge in [-0.2, -0.15) is 0 Å². The Kier molecular flexibility index (Phi) is 7.80. The number of amides is 1. The van der Waals surface area contributed by atoms with Crippen molar-refractivity contribution in [2.45, 2.75) is 32.1 Å². The maximum Gasteiger partial charge on any atom is 0.309 e. The molecular formula is C26H30ClN3O5. The number of benzene rings is 1. The van der Waals surface area contributed by atoms with Crippen LogP contribution in [0.1, 0.15) is 43.4 Å². The minimum Gasteiger partial charge on any atom is -0.497 e. The van der Waals surface area contributed by atoms with Crippen molar-refractivity contribution < 1.29 is 23.8 Å². The van der Waals surface area contributed by atoms with Gasteiger partial charge in [-0.3, -0.25) is 9.59 Å². The molecule has 4 rings (SSSR count). The van der Waals surface area contributed by atoms with Crippen LogP contribution in [0.5, 0.6) is 11.5 Å². The van der Waals surface area contributed by atoms with Gasteiger partial charge in [-0.1, -0.05) is 11.6 Å². The number of aromatic nitrogens is 2. The third-order valence-corrected chi connectivity index (χ3v) is 6.70. The van der Waals surface area contributed by atoms with E-state index in [0.717, 1.165) is 16.9 Å². The van der Waals surface area contributed by atoms with E-state index in [2.05, 4.69) is 4.98 Å². The molecule has 1 saturated heterocycles. The average molecular weight is 500 g/mol. The van der Waals surface area contributed by atoms with Crippen LogP contribution in [0.15, 0.2) is 42.7 Å². The lowest BCUT2D eigenvalue weighted by molar-refractivity contribution is -0.151. The number of rotatable bonds is 8. The lowest BCUT2D eigenvalue weighted by Crippen LogP contribution is -2.41. The summed E-state index contributed by atoms with van der Waals surface area (Å²) in [4.78, 5) is 31.9. The molecular weight excluding hydrogens is 470 g/mol. The van der Waals surface area contributed by atoms with Crippen molar-refractivity contribution in [3.63, 3.8) is 0 Å². The van der Waals surface area contributed by atoms with Gasteiger partial charge >= 0.3 is 5.97 Å². The van der Waals surface area contributed by atoms with Gasteiger partial charge in [-0.25, -0.2) is 4.98 Å². The first-order valence-electron chi connectivity index (χ1n) is 11.7. The van der Waals surface area contributed by atoms with Crippen LogP contribution in [0.2, 0.25) is 5.02 Å². The monoisotopic (exact) mass is 499 g/mol. The van der Waals surface area contributed by atoms with Gasteiger partial charge in [0.15, 0.2) is 0 Å². The fourth-order valence-corrected chi connectivity index (χ4v) is 4.74. The SMILES string of the molecule is CCOC(=O)C1CCN(C(=O)CC(c2cc(OC)cc(OC)c2)c2cnc3ccc(Cl)cn23)CC1. The molecule has 0 radical (unpaired) electrons. The van der Waals surface area contributed by atoms with E-state index >= 15 is 0 Å². The van der Waals surface area contributed by atoms with E-state index in [4.69, 9.17) is 25.8 Å². The highest BCUT2D eigenvalue weighted by molar-refractivity contribution is 6.30. The molecule has 3 aromatic rings. The molecule has 0 spiro atoms. The number of hydrogen-bond acceptors (Lipinski definition) is 6. The number of piperidine rings is 1. The van der Waals surface area contributed by atoms with Gasteiger partial charge in [0, 0.05) is 43.9 Å². The molecule has 0 bridgehead atoms. The molecule has 3 heterocycles. The zero-order valence-corrected chi connectivity index (χ0v) is 21.0. The standard InChI is InChI=1S/C26H30ClN3O5/c1-4-35-26(32)17-7-9-29(10-8-17)25(31)14-22(18-11-20(33-2)13-21(12-18)34-3)23-15-28-24-6-5-19(27)16-30(23)24/h5-6,11-13,15-17,22H,4,7-10,14H2,1-3H3.